The Morgan fingerprint density at radius 3 is 2.83 bits per heavy atom. The van der Waals surface area contributed by atoms with Crippen LogP contribution in [0.3, 0.4) is 0 Å². The first-order valence-electron chi connectivity index (χ1n) is 7.78. The van der Waals surface area contributed by atoms with E-state index in [9.17, 15) is 4.79 Å². The molecule has 1 aliphatic heterocycles. The molecule has 0 unspecified atom stereocenters. The van der Waals surface area contributed by atoms with E-state index in [1.165, 1.54) is 17.3 Å². The molecule has 2 aromatic rings. The molecule has 0 radical (unpaired) electrons. The number of nitrogens with zero attached hydrogens (tertiary/aromatic N) is 2. The maximum absolute atomic E-state index is 12.4. The number of carbonyl (C=O) groups is 1. The van der Waals surface area contributed by atoms with E-state index in [1.54, 1.807) is 6.20 Å². The Morgan fingerprint density at radius 2 is 2.04 bits per heavy atom. The van der Waals surface area contributed by atoms with Crippen molar-refractivity contribution in [1.29, 1.82) is 0 Å². The number of thioether (sulfide) groups is 1. The molecule has 1 fully saturated rings. The second-order valence-corrected chi connectivity index (χ2v) is 6.47. The van der Waals surface area contributed by atoms with Crippen molar-refractivity contribution in [1.82, 2.24) is 9.88 Å². The van der Waals surface area contributed by atoms with E-state index >= 15 is 0 Å². The number of aromatic nitrogens is 1. The first kappa shape index (κ1) is 16.0. The quantitative estimate of drug-likeness (QED) is 0.792. The van der Waals surface area contributed by atoms with E-state index < -0.39 is 0 Å². The lowest BCUT2D eigenvalue weighted by molar-refractivity contribution is -0.135. The zero-order chi connectivity index (χ0) is 15.9. The van der Waals surface area contributed by atoms with E-state index in [-0.39, 0.29) is 12.0 Å². The molecule has 23 heavy (non-hydrogen) atoms. The molecule has 1 aliphatic rings. The Labute approximate surface area is 140 Å². The van der Waals surface area contributed by atoms with Crippen LogP contribution in [-0.2, 0) is 16.0 Å². The summed E-state index contributed by atoms with van der Waals surface area (Å²) in [6, 6.07) is 16.0. The van der Waals surface area contributed by atoms with Crippen LogP contribution in [-0.4, -0.2) is 47.3 Å². The molecule has 1 saturated heterocycles. The first-order valence-corrected chi connectivity index (χ1v) is 8.77. The van der Waals surface area contributed by atoms with E-state index in [4.69, 9.17) is 4.74 Å². The van der Waals surface area contributed by atoms with Crippen molar-refractivity contribution < 1.29 is 9.53 Å². The van der Waals surface area contributed by atoms with Crippen LogP contribution in [0, 0.1) is 0 Å². The molecule has 0 spiro atoms. The van der Waals surface area contributed by atoms with Crippen molar-refractivity contribution in [3.63, 3.8) is 0 Å². The summed E-state index contributed by atoms with van der Waals surface area (Å²) in [6.45, 7) is 1.95. The van der Waals surface area contributed by atoms with Crippen LogP contribution in [0.5, 0.6) is 0 Å². The van der Waals surface area contributed by atoms with Gasteiger partial charge in [-0.1, -0.05) is 48.2 Å². The number of rotatable bonds is 5. The summed E-state index contributed by atoms with van der Waals surface area (Å²) in [4.78, 5) is 18.5. The molecule has 0 aliphatic carbocycles. The van der Waals surface area contributed by atoms with Gasteiger partial charge in [-0.25, -0.2) is 4.98 Å². The molecule has 120 valence electrons. The molecular formula is C18H20N2O2S. The number of hydrogen-bond donors (Lipinski definition) is 0. The van der Waals surface area contributed by atoms with Gasteiger partial charge in [0.25, 0.3) is 0 Å². The number of benzene rings is 1. The molecule has 0 N–H and O–H groups in total. The summed E-state index contributed by atoms with van der Waals surface area (Å²) >= 11 is 1.48. The highest BCUT2D eigenvalue weighted by Gasteiger charge is 2.24. The monoisotopic (exact) mass is 328 g/mol. The molecule has 5 heteroatoms. The summed E-state index contributed by atoms with van der Waals surface area (Å²) in [7, 11) is 0. The third-order valence-electron chi connectivity index (χ3n) is 3.78. The average Bonchev–Trinajstić information content (AvgIpc) is 2.62. The lowest BCUT2D eigenvalue weighted by Crippen LogP contribution is -2.47. The fourth-order valence-corrected chi connectivity index (χ4v) is 3.37. The van der Waals surface area contributed by atoms with Crippen molar-refractivity contribution in [2.24, 2.45) is 0 Å². The van der Waals surface area contributed by atoms with Crippen LogP contribution >= 0.6 is 11.8 Å². The summed E-state index contributed by atoms with van der Waals surface area (Å²) in [5.74, 6) is 0.580. The number of pyridine rings is 1. The van der Waals surface area contributed by atoms with Gasteiger partial charge in [0, 0.05) is 25.7 Å². The minimum absolute atomic E-state index is 0.0787. The molecule has 0 bridgehead atoms. The minimum Gasteiger partial charge on any atom is -0.374 e. The van der Waals surface area contributed by atoms with Gasteiger partial charge in [-0.05, 0) is 17.7 Å². The van der Waals surface area contributed by atoms with Gasteiger partial charge in [0.2, 0.25) is 5.91 Å². The summed E-state index contributed by atoms with van der Waals surface area (Å²) in [5.41, 5.74) is 1.25. The van der Waals surface area contributed by atoms with E-state index in [1.807, 2.05) is 41.3 Å². The van der Waals surface area contributed by atoms with Gasteiger partial charge < -0.3 is 9.64 Å². The van der Waals surface area contributed by atoms with Crippen molar-refractivity contribution in [3.8, 4) is 0 Å². The largest absolute Gasteiger partial charge is 0.374 e. The highest BCUT2D eigenvalue weighted by atomic mass is 32.2. The fourth-order valence-electron chi connectivity index (χ4n) is 2.61. The molecular weight excluding hydrogens is 308 g/mol. The molecule has 1 atom stereocenters. The maximum Gasteiger partial charge on any atom is 0.233 e. The van der Waals surface area contributed by atoms with Crippen molar-refractivity contribution in [3.05, 3.63) is 60.3 Å². The van der Waals surface area contributed by atoms with Gasteiger partial charge in [0.15, 0.2) is 0 Å². The number of ether oxygens (including phenoxy) is 1. The average molecular weight is 328 g/mol. The topological polar surface area (TPSA) is 42.4 Å². The van der Waals surface area contributed by atoms with Crippen LogP contribution in [0.25, 0.3) is 0 Å². The van der Waals surface area contributed by atoms with Crippen LogP contribution in [0.2, 0.25) is 0 Å². The third-order valence-corrected chi connectivity index (χ3v) is 4.71. The van der Waals surface area contributed by atoms with Gasteiger partial charge in [-0.3, -0.25) is 4.79 Å². The Kier molecular flexibility index (Phi) is 5.66. The van der Waals surface area contributed by atoms with E-state index in [0.717, 1.165) is 11.4 Å². The van der Waals surface area contributed by atoms with E-state index in [0.29, 0.717) is 25.4 Å². The maximum atomic E-state index is 12.4. The molecule has 2 heterocycles. The first-order chi connectivity index (χ1) is 11.3. The van der Waals surface area contributed by atoms with Crippen molar-refractivity contribution in [2.45, 2.75) is 17.6 Å². The highest BCUT2D eigenvalue weighted by molar-refractivity contribution is 7.99. The second kappa shape index (κ2) is 8.13. The summed E-state index contributed by atoms with van der Waals surface area (Å²) in [6.07, 6.45) is 2.67. The van der Waals surface area contributed by atoms with Crippen LogP contribution in [0.1, 0.15) is 5.56 Å². The zero-order valence-electron chi connectivity index (χ0n) is 12.9. The van der Waals surface area contributed by atoms with Gasteiger partial charge in [-0.2, -0.15) is 0 Å². The zero-order valence-corrected chi connectivity index (χ0v) is 13.7. The summed E-state index contributed by atoms with van der Waals surface area (Å²) < 4.78 is 5.81. The van der Waals surface area contributed by atoms with E-state index in [2.05, 4.69) is 17.1 Å². The van der Waals surface area contributed by atoms with Gasteiger partial charge >= 0.3 is 0 Å². The van der Waals surface area contributed by atoms with Crippen LogP contribution < -0.4 is 0 Å². The third kappa shape index (κ3) is 4.81. The van der Waals surface area contributed by atoms with Crippen molar-refractivity contribution >= 4 is 17.7 Å². The second-order valence-electron chi connectivity index (χ2n) is 5.48. The smallest absolute Gasteiger partial charge is 0.233 e. The van der Waals surface area contributed by atoms with Crippen molar-refractivity contribution in [2.75, 3.05) is 25.4 Å². The molecule has 1 amide bonds. The Morgan fingerprint density at radius 1 is 1.22 bits per heavy atom. The fraction of sp³-hybridized carbons (Fsp3) is 0.333. The van der Waals surface area contributed by atoms with Crippen LogP contribution in [0.4, 0.5) is 0 Å². The predicted octanol–water partition coefficient (Wildman–Crippen LogP) is 2.64. The molecule has 3 rings (SSSR count). The molecule has 4 nitrogen and oxygen atoms in total. The molecule has 0 saturated carbocycles. The minimum atomic E-state index is 0.0787. The standard InChI is InChI=1S/C18H20N2O2S/c21-18(14-23-17-8-4-5-9-19-17)20-10-11-22-16(13-20)12-15-6-2-1-3-7-15/h1-9,16H,10-14H2/t16-/m0/s1. The number of amides is 1. The van der Waals surface area contributed by atoms with Crippen LogP contribution in [0.15, 0.2) is 59.8 Å². The Hall–Kier alpha value is -1.85. The number of carbonyl (C=O) groups excluding carboxylic acids is 1. The normalized spacial score (nSPS) is 17.9. The number of morpholine rings is 1. The Balaban J connectivity index is 1.50. The van der Waals surface area contributed by atoms with Gasteiger partial charge in [0.1, 0.15) is 0 Å². The molecule has 1 aromatic heterocycles. The predicted molar refractivity (Wildman–Crippen MR) is 91.4 cm³/mol. The molecule has 1 aromatic carbocycles. The lowest BCUT2D eigenvalue weighted by Gasteiger charge is -2.33. The van der Waals surface area contributed by atoms with Gasteiger partial charge in [-0.15, -0.1) is 0 Å². The summed E-state index contributed by atoms with van der Waals surface area (Å²) in [5, 5.41) is 0.884. The SMILES string of the molecule is O=C(CSc1ccccn1)N1CCO[C@@H](Cc2ccccc2)C1. The van der Waals surface area contributed by atoms with Gasteiger partial charge in [0.05, 0.1) is 23.5 Å². The number of hydrogen-bond acceptors (Lipinski definition) is 4. The lowest BCUT2D eigenvalue weighted by atomic mass is 10.1. The highest BCUT2D eigenvalue weighted by Crippen LogP contribution is 2.17. The Bertz CT molecular complexity index is 621.